The van der Waals surface area contributed by atoms with E-state index in [4.69, 9.17) is 16.3 Å². The van der Waals surface area contributed by atoms with Crippen LogP contribution in [0.1, 0.15) is 11.1 Å². The molecule has 1 aromatic carbocycles. The summed E-state index contributed by atoms with van der Waals surface area (Å²) in [4.78, 5) is 4.22. The molecule has 2 aromatic rings. The molecule has 0 aliphatic rings. The summed E-state index contributed by atoms with van der Waals surface area (Å²) in [5, 5.41) is 3.77. The highest BCUT2D eigenvalue weighted by atomic mass is 35.5. The SMILES string of the molecule is CNc1ncccc1COCc1cccc(Cl)c1. The van der Waals surface area contributed by atoms with Gasteiger partial charge in [-0.05, 0) is 23.8 Å². The van der Waals surface area contributed by atoms with E-state index in [1.807, 2.05) is 43.4 Å². The monoisotopic (exact) mass is 262 g/mol. The van der Waals surface area contributed by atoms with Crippen LogP contribution in [0.15, 0.2) is 42.6 Å². The van der Waals surface area contributed by atoms with Gasteiger partial charge in [-0.1, -0.05) is 29.8 Å². The summed E-state index contributed by atoms with van der Waals surface area (Å²) in [6.07, 6.45) is 1.76. The molecule has 0 spiro atoms. The van der Waals surface area contributed by atoms with E-state index >= 15 is 0 Å². The number of hydrogen-bond acceptors (Lipinski definition) is 3. The molecule has 0 bridgehead atoms. The van der Waals surface area contributed by atoms with Gasteiger partial charge in [0.05, 0.1) is 13.2 Å². The minimum atomic E-state index is 0.524. The van der Waals surface area contributed by atoms with Crippen molar-refractivity contribution in [1.29, 1.82) is 0 Å². The molecule has 1 heterocycles. The van der Waals surface area contributed by atoms with Gasteiger partial charge in [0.2, 0.25) is 0 Å². The van der Waals surface area contributed by atoms with Gasteiger partial charge in [-0.25, -0.2) is 4.98 Å². The van der Waals surface area contributed by atoms with Crippen LogP contribution >= 0.6 is 11.6 Å². The standard InChI is InChI=1S/C14H15ClN2O/c1-16-14-12(5-3-7-17-14)10-18-9-11-4-2-6-13(15)8-11/h2-8H,9-10H2,1H3,(H,16,17). The summed E-state index contributed by atoms with van der Waals surface area (Å²) >= 11 is 5.91. The van der Waals surface area contributed by atoms with Gasteiger partial charge < -0.3 is 10.1 Å². The molecule has 18 heavy (non-hydrogen) atoms. The predicted octanol–water partition coefficient (Wildman–Crippen LogP) is 3.49. The quantitative estimate of drug-likeness (QED) is 0.896. The van der Waals surface area contributed by atoms with Gasteiger partial charge in [0, 0.05) is 23.8 Å². The fraction of sp³-hybridized carbons (Fsp3) is 0.214. The van der Waals surface area contributed by atoms with E-state index in [9.17, 15) is 0 Å². The summed E-state index contributed by atoms with van der Waals surface area (Å²) in [6.45, 7) is 1.06. The van der Waals surface area contributed by atoms with E-state index in [2.05, 4.69) is 10.3 Å². The average molecular weight is 263 g/mol. The first-order valence-corrected chi connectivity index (χ1v) is 6.11. The summed E-state index contributed by atoms with van der Waals surface area (Å²) in [5.74, 6) is 0.851. The molecule has 94 valence electrons. The molecule has 3 nitrogen and oxygen atoms in total. The van der Waals surface area contributed by atoms with Gasteiger partial charge in [0.25, 0.3) is 0 Å². The Morgan fingerprint density at radius 2 is 2.11 bits per heavy atom. The number of benzene rings is 1. The number of rotatable bonds is 5. The zero-order chi connectivity index (χ0) is 12.8. The van der Waals surface area contributed by atoms with Crippen molar-refractivity contribution in [2.45, 2.75) is 13.2 Å². The number of anilines is 1. The largest absolute Gasteiger partial charge is 0.373 e. The van der Waals surface area contributed by atoms with Crippen molar-refractivity contribution in [3.63, 3.8) is 0 Å². The molecule has 0 atom stereocenters. The van der Waals surface area contributed by atoms with Crippen LogP contribution in [0, 0.1) is 0 Å². The number of halogens is 1. The van der Waals surface area contributed by atoms with Gasteiger partial charge in [0.1, 0.15) is 5.82 Å². The van der Waals surface area contributed by atoms with E-state index in [1.165, 1.54) is 0 Å². The molecule has 4 heteroatoms. The lowest BCUT2D eigenvalue weighted by atomic mass is 10.2. The van der Waals surface area contributed by atoms with Crippen molar-refractivity contribution in [2.24, 2.45) is 0 Å². The van der Waals surface area contributed by atoms with Crippen molar-refractivity contribution in [1.82, 2.24) is 4.98 Å². The van der Waals surface area contributed by atoms with Crippen LogP contribution in [0.4, 0.5) is 5.82 Å². The molecule has 0 aliphatic carbocycles. The molecule has 0 saturated carbocycles. The Morgan fingerprint density at radius 3 is 2.89 bits per heavy atom. The van der Waals surface area contributed by atoms with Crippen LogP contribution in [-0.2, 0) is 18.0 Å². The average Bonchev–Trinajstić information content (AvgIpc) is 2.39. The highest BCUT2D eigenvalue weighted by Crippen LogP contribution is 2.15. The Bertz CT molecular complexity index is 517. The molecule has 1 aromatic heterocycles. The summed E-state index contributed by atoms with van der Waals surface area (Å²) in [7, 11) is 1.85. The van der Waals surface area contributed by atoms with Crippen LogP contribution in [0.25, 0.3) is 0 Å². The van der Waals surface area contributed by atoms with E-state index < -0.39 is 0 Å². The van der Waals surface area contributed by atoms with Crippen LogP contribution < -0.4 is 5.32 Å². The predicted molar refractivity (Wildman–Crippen MR) is 73.7 cm³/mol. The highest BCUT2D eigenvalue weighted by molar-refractivity contribution is 6.30. The molecule has 0 saturated heterocycles. The van der Waals surface area contributed by atoms with Crippen molar-refractivity contribution in [2.75, 3.05) is 12.4 Å². The lowest BCUT2D eigenvalue weighted by Crippen LogP contribution is -2.00. The molecule has 0 aliphatic heterocycles. The maximum atomic E-state index is 5.91. The number of ether oxygens (including phenoxy) is 1. The lowest BCUT2D eigenvalue weighted by Gasteiger charge is -2.08. The van der Waals surface area contributed by atoms with Gasteiger partial charge in [-0.15, -0.1) is 0 Å². The molecule has 1 N–H and O–H groups in total. The first-order chi connectivity index (χ1) is 8.79. The molecular weight excluding hydrogens is 248 g/mol. The van der Waals surface area contributed by atoms with E-state index in [0.717, 1.165) is 22.0 Å². The number of hydrogen-bond donors (Lipinski definition) is 1. The molecule has 0 unspecified atom stereocenters. The van der Waals surface area contributed by atoms with E-state index in [1.54, 1.807) is 6.20 Å². The zero-order valence-electron chi connectivity index (χ0n) is 10.2. The third-order valence-electron chi connectivity index (χ3n) is 2.54. The number of aromatic nitrogens is 1. The molecule has 2 rings (SSSR count). The number of nitrogens with one attached hydrogen (secondary N) is 1. The van der Waals surface area contributed by atoms with Crippen molar-refractivity contribution >= 4 is 17.4 Å². The van der Waals surface area contributed by atoms with Gasteiger partial charge in [0.15, 0.2) is 0 Å². The Labute approximate surface area is 112 Å². The zero-order valence-corrected chi connectivity index (χ0v) is 10.9. The van der Waals surface area contributed by atoms with Gasteiger partial charge in [-0.3, -0.25) is 0 Å². The third kappa shape index (κ3) is 3.45. The van der Waals surface area contributed by atoms with E-state index in [-0.39, 0.29) is 0 Å². The summed E-state index contributed by atoms with van der Waals surface area (Å²) in [5.41, 5.74) is 2.11. The van der Waals surface area contributed by atoms with Gasteiger partial charge >= 0.3 is 0 Å². The maximum absolute atomic E-state index is 5.91. The first kappa shape index (κ1) is 12.9. The van der Waals surface area contributed by atoms with Crippen molar-refractivity contribution < 1.29 is 4.74 Å². The van der Waals surface area contributed by atoms with Crippen LogP contribution in [0.5, 0.6) is 0 Å². The second kappa shape index (κ2) is 6.38. The molecule has 0 radical (unpaired) electrons. The Morgan fingerprint density at radius 1 is 1.22 bits per heavy atom. The minimum absolute atomic E-state index is 0.524. The highest BCUT2D eigenvalue weighted by Gasteiger charge is 2.01. The van der Waals surface area contributed by atoms with Crippen LogP contribution in [0.3, 0.4) is 0 Å². The topological polar surface area (TPSA) is 34.2 Å². The second-order valence-electron chi connectivity index (χ2n) is 3.88. The Balaban J connectivity index is 1.92. The Hall–Kier alpha value is -1.58. The maximum Gasteiger partial charge on any atom is 0.131 e. The number of pyridine rings is 1. The first-order valence-electron chi connectivity index (χ1n) is 5.73. The summed E-state index contributed by atoms with van der Waals surface area (Å²) < 4.78 is 5.66. The fourth-order valence-corrected chi connectivity index (χ4v) is 1.90. The normalized spacial score (nSPS) is 10.3. The smallest absolute Gasteiger partial charge is 0.131 e. The van der Waals surface area contributed by atoms with E-state index in [0.29, 0.717) is 13.2 Å². The second-order valence-corrected chi connectivity index (χ2v) is 4.32. The lowest BCUT2D eigenvalue weighted by molar-refractivity contribution is 0.107. The van der Waals surface area contributed by atoms with Crippen LogP contribution in [0.2, 0.25) is 5.02 Å². The molecule has 0 amide bonds. The van der Waals surface area contributed by atoms with Crippen LogP contribution in [-0.4, -0.2) is 12.0 Å². The summed E-state index contributed by atoms with van der Waals surface area (Å²) in [6, 6.07) is 11.6. The fourth-order valence-electron chi connectivity index (χ4n) is 1.69. The molecular formula is C14H15ClN2O. The Kier molecular flexibility index (Phi) is 4.56. The third-order valence-corrected chi connectivity index (χ3v) is 2.78. The number of nitrogens with zero attached hydrogens (tertiary/aromatic N) is 1. The minimum Gasteiger partial charge on any atom is -0.373 e. The van der Waals surface area contributed by atoms with Crippen molar-refractivity contribution in [3.8, 4) is 0 Å². The molecule has 0 fully saturated rings. The van der Waals surface area contributed by atoms with Crippen molar-refractivity contribution in [3.05, 3.63) is 58.7 Å². The van der Waals surface area contributed by atoms with Gasteiger partial charge in [-0.2, -0.15) is 0 Å².